The number of ether oxygens (including phenoxy) is 1. The first-order valence-corrected chi connectivity index (χ1v) is 5.21. The van der Waals surface area contributed by atoms with Gasteiger partial charge in [0.25, 0.3) is 0 Å². The van der Waals surface area contributed by atoms with Crippen molar-refractivity contribution < 1.29 is 19.4 Å². The lowest BCUT2D eigenvalue weighted by molar-refractivity contribution is -0.137. The van der Waals surface area contributed by atoms with Crippen molar-refractivity contribution in [1.82, 2.24) is 5.32 Å². The van der Waals surface area contributed by atoms with Crippen LogP contribution in [-0.4, -0.2) is 24.6 Å². The minimum Gasteiger partial charge on any atom is -0.496 e. The molecule has 0 radical (unpaired) electrons. The van der Waals surface area contributed by atoms with E-state index in [0.29, 0.717) is 22.7 Å². The summed E-state index contributed by atoms with van der Waals surface area (Å²) >= 11 is 5.99. The molecule has 1 amide bonds. The van der Waals surface area contributed by atoms with Crippen molar-refractivity contribution in [3.05, 3.63) is 28.8 Å². The molecular formula is C11H12ClNO4. The van der Waals surface area contributed by atoms with Crippen molar-refractivity contribution in [1.29, 1.82) is 0 Å². The van der Waals surface area contributed by atoms with Crippen LogP contribution >= 0.6 is 11.6 Å². The zero-order valence-corrected chi connectivity index (χ0v) is 9.90. The van der Waals surface area contributed by atoms with Gasteiger partial charge < -0.3 is 15.2 Å². The number of methoxy groups -OCH3 is 1. The maximum atomic E-state index is 10.7. The van der Waals surface area contributed by atoms with Gasteiger partial charge in [0.15, 0.2) is 0 Å². The number of nitrogens with one attached hydrogen (secondary N) is 1. The van der Waals surface area contributed by atoms with Crippen LogP contribution in [0.3, 0.4) is 0 Å². The Morgan fingerprint density at radius 1 is 1.65 bits per heavy atom. The molecule has 1 rings (SSSR count). The summed E-state index contributed by atoms with van der Waals surface area (Å²) in [5.74, 6) is -0.593. The summed E-state index contributed by atoms with van der Waals surface area (Å²) in [5, 5.41) is 11.6. The van der Waals surface area contributed by atoms with Crippen LogP contribution in [0.15, 0.2) is 18.2 Å². The first kappa shape index (κ1) is 13.3. The molecule has 0 aliphatic heterocycles. The van der Waals surface area contributed by atoms with Gasteiger partial charge in [-0.3, -0.25) is 9.59 Å². The number of carboxylic acid groups (broad SMARTS) is 1. The number of halogens is 1. The van der Waals surface area contributed by atoms with Crippen molar-refractivity contribution in [3.63, 3.8) is 0 Å². The quantitative estimate of drug-likeness (QED) is 0.759. The minimum atomic E-state index is -1.04. The predicted octanol–water partition coefficient (Wildman–Crippen LogP) is 1.61. The van der Waals surface area contributed by atoms with Crippen molar-refractivity contribution >= 4 is 24.0 Å². The largest absolute Gasteiger partial charge is 0.496 e. The number of rotatable bonds is 6. The highest BCUT2D eigenvalue weighted by Gasteiger charge is 2.21. The molecule has 0 aromatic heterocycles. The van der Waals surface area contributed by atoms with Gasteiger partial charge in [0, 0.05) is 10.6 Å². The summed E-state index contributed by atoms with van der Waals surface area (Å²) < 4.78 is 5.10. The first-order valence-electron chi connectivity index (χ1n) is 4.84. The highest BCUT2D eigenvalue weighted by Crippen LogP contribution is 2.33. The Kier molecular flexibility index (Phi) is 4.78. The van der Waals surface area contributed by atoms with Gasteiger partial charge in [-0.15, -0.1) is 0 Å². The zero-order valence-electron chi connectivity index (χ0n) is 9.14. The third kappa shape index (κ3) is 3.35. The van der Waals surface area contributed by atoms with Crippen LogP contribution < -0.4 is 10.1 Å². The maximum Gasteiger partial charge on any atom is 0.305 e. The molecule has 0 saturated carbocycles. The molecule has 0 bridgehead atoms. The monoisotopic (exact) mass is 257 g/mol. The molecule has 0 aliphatic rings. The Morgan fingerprint density at radius 3 is 2.88 bits per heavy atom. The van der Waals surface area contributed by atoms with Crippen molar-refractivity contribution in [2.75, 3.05) is 7.11 Å². The lowest BCUT2D eigenvalue weighted by Gasteiger charge is -2.18. The molecule has 0 aliphatic carbocycles. The average Bonchev–Trinajstić information content (AvgIpc) is 2.27. The molecule has 0 unspecified atom stereocenters. The Bertz CT molecular complexity index is 422. The van der Waals surface area contributed by atoms with E-state index < -0.39 is 12.0 Å². The van der Waals surface area contributed by atoms with Gasteiger partial charge in [0.05, 0.1) is 19.6 Å². The molecule has 1 aromatic rings. The van der Waals surface area contributed by atoms with Crippen LogP contribution in [0, 0.1) is 0 Å². The molecule has 0 saturated heterocycles. The molecular weight excluding hydrogens is 246 g/mol. The second-order valence-corrected chi connectivity index (χ2v) is 3.70. The van der Waals surface area contributed by atoms with Crippen LogP contribution in [0.4, 0.5) is 0 Å². The van der Waals surface area contributed by atoms with Gasteiger partial charge in [-0.2, -0.15) is 0 Å². The fourth-order valence-electron chi connectivity index (χ4n) is 1.53. The number of carbonyl (C=O) groups excluding carboxylic acids is 1. The van der Waals surface area contributed by atoms with E-state index in [4.69, 9.17) is 21.4 Å². The van der Waals surface area contributed by atoms with E-state index in [-0.39, 0.29) is 6.42 Å². The second-order valence-electron chi connectivity index (χ2n) is 3.29. The van der Waals surface area contributed by atoms with Crippen LogP contribution in [0.25, 0.3) is 0 Å². The Balaban J connectivity index is 3.15. The molecule has 1 atom stereocenters. The number of carboxylic acids is 1. The third-order valence-electron chi connectivity index (χ3n) is 2.23. The normalized spacial score (nSPS) is 11.6. The predicted molar refractivity (Wildman–Crippen MR) is 62.2 cm³/mol. The van der Waals surface area contributed by atoms with E-state index >= 15 is 0 Å². The summed E-state index contributed by atoms with van der Waals surface area (Å²) in [6.07, 6.45) is 0.176. The topological polar surface area (TPSA) is 75.6 Å². The number of aliphatic carboxylic acids is 1. The molecule has 2 N–H and O–H groups in total. The molecule has 0 heterocycles. The maximum absolute atomic E-state index is 10.7. The van der Waals surface area contributed by atoms with E-state index in [1.807, 2.05) is 0 Å². The van der Waals surface area contributed by atoms with Gasteiger partial charge >= 0.3 is 5.97 Å². The fraction of sp³-hybridized carbons (Fsp3) is 0.273. The highest BCUT2D eigenvalue weighted by molar-refractivity contribution is 6.31. The van der Waals surface area contributed by atoms with Crippen LogP contribution in [-0.2, 0) is 9.59 Å². The van der Waals surface area contributed by atoms with E-state index in [0.717, 1.165) is 0 Å². The summed E-state index contributed by atoms with van der Waals surface area (Å²) in [5.41, 5.74) is 0.464. The summed E-state index contributed by atoms with van der Waals surface area (Å²) in [4.78, 5) is 21.2. The molecule has 17 heavy (non-hydrogen) atoms. The Hall–Kier alpha value is -1.75. The van der Waals surface area contributed by atoms with Gasteiger partial charge in [-0.05, 0) is 12.1 Å². The highest BCUT2D eigenvalue weighted by atomic mass is 35.5. The van der Waals surface area contributed by atoms with Crippen LogP contribution in [0.5, 0.6) is 5.75 Å². The number of amides is 1. The van der Waals surface area contributed by atoms with Crippen molar-refractivity contribution in [3.8, 4) is 5.75 Å². The first-order chi connectivity index (χ1) is 8.10. The number of hydrogen-bond acceptors (Lipinski definition) is 3. The lowest BCUT2D eigenvalue weighted by atomic mass is 10.0. The molecule has 1 aromatic carbocycles. The average molecular weight is 258 g/mol. The number of carbonyl (C=O) groups is 2. The van der Waals surface area contributed by atoms with E-state index in [9.17, 15) is 9.59 Å². The standard InChI is InChI=1S/C11H12ClNO4/c1-17-9-4-2-3-7(12)11(9)8(13-6-14)5-10(15)16/h2-4,6,8H,5H2,1H3,(H,13,14)(H,15,16)/t8-/m0/s1. The summed E-state index contributed by atoms with van der Waals surface area (Å²) in [6.45, 7) is 0. The second kappa shape index (κ2) is 6.10. The Labute approximate surface area is 103 Å². The number of hydrogen-bond donors (Lipinski definition) is 2. The van der Waals surface area contributed by atoms with Gasteiger partial charge in [0.1, 0.15) is 5.75 Å². The zero-order chi connectivity index (χ0) is 12.8. The molecule has 0 spiro atoms. The molecule has 6 heteroatoms. The van der Waals surface area contributed by atoms with Gasteiger partial charge in [-0.25, -0.2) is 0 Å². The van der Waals surface area contributed by atoms with Crippen LogP contribution in [0.2, 0.25) is 5.02 Å². The Morgan fingerprint density at radius 2 is 2.35 bits per heavy atom. The van der Waals surface area contributed by atoms with Gasteiger partial charge in [0.2, 0.25) is 6.41 Å². The third-order valence-corrected chi connectivity index (χ3v) is 2.56. The smallest absolute Gasteiger partial charge is 0.305 e. The summed E-state index contributed by atoms with van der Waals surface area (Å²) in [7, 11) is 1.45. The van der Waals surface area contributed by atoms with Crippen LogP contribution in [0.1, 0.15) is 18.0 Å². The minimum absolute atomic E-state index is 0.265. The SMILES string of the molecule is COc1cccc(Cl)c1[C@H](CC(=O)O)NC=O. The van der Waals surface area contributed by atoms with Crippen molar-refractivity contribution in [2.45, 2.75) is 12.5 Å². The number of benzene rings is 1. The van der Waals surface area contributed by atoms with E-state index in [1.54, 1.807) is 18.2 Å². The van der Waals surface area contributed by atoms with Crippen molar-refractivity contribution in [2.24, 2.45) is 0 Å². The fourth-order valence-corrected chi connectivity index (χ4v) is 1.83. The lowest BCUT2D eigenvalue weighted by Crippen LogP contribution is -2.23. The molecule has 0 fully saturated rings. The molecule has 92 valence electrons. The van der Waals surface area contributed by atoms with Gasteiger partial charge in [-0.1, -0.05) is 17.7 Å². The van der Waals surface area contributed by atoms with E-state index in [2.05, 4.69) is 5.32 Å². The molecule has 5 nitrogen and oxygen atoms in total. The van der Waals surface area contributed by atoms with E-state index in [1.165, 1.54) is 7.11 Å². The summed E-state index contributed by atoms with van der Waals surface area (Å²) in [6, 6.07) is 4.24.